The van der Waals surface area contributed by atoms with Gasteiger partial charge < -0.3 is 51.1 Å². The van der Waals surface area contributed by atoms with E-state index in [2.05, 4.69) is 78.7 Å². The standard InChI is InChI=1S/C17H11Br2NO4S.C17H12BrNO5S.C17H12BrNO4S/c1-7-13(19)9-6-20-12(25-17(9)16(24)14(7)22)3-2-8-4-10(18)15(23)11(21)5-8;1-7-9-6-11(21)15(23)16(24)17(9)25-12(19-7)5-3-8-2-4-10(20)14(22)13(8)18;1-8-4-10-7-19-14(24-17(10)16(23)15(8)22)3-2-9-5-12(20)13(21)6-11(9)18/h2-6,21,23-24H,1H3;2-6,20-22,24H,1H3;2-7,20-21,23H,1H3/b3-2+;5-3+;3-2+. The quantitative estimate of drug-likeness (QED) is 0.0692. The van der Waals surface area contributed by atoms with Crippen LogP contribution in [0.15, 0.2) is 93.2 Å². The summed E-state index contributed by atoms with van der Waals surface area (Å²) in [6.07, 6.45) is 13.3. The molecule has 16 nitrogen and oxygen atoms in total. The van der Waals surface area contributed by atoms with Crippen LogP contribution in [0, 0.1) is 20.8 Å². The Morgan fingerprint density at radius 2 is 1.04 bits per heavy atom. The van der Waals surface area contributed by atoms with Crippen LogP contribution in [-0.4, -0.2) is 66.0 Å². The number of phenols is 10. The average Bonchev–Trinajstić information content (AvgIpc) is 3.37. The second-order valence-electron chi connectivity index (χ2n) is 15.7. The number of hydrogen-bond donors (Lipinski definition) is 10. The summed E-state index contributed by atoms with van der Waals surface area (Å²) in [6.45, 7) is 4.99. The second-order valence-corrected chi connectivity index (χ2v) is 22.1. The number of rotatable bonds is 6. The highest BCUT2D eigenvalue weighted by Gasteiger charge is 2.22. The Labute approximate surface area is 464 Å². The highest BCUT2D eigenvalue weighted by molar-refractivity contribution is 9.11. The molecular formula is C51H35Br4N3O13S3. The predicted octanol–water partition coefficient (Wildman–Crippen LogP) is 12.4. The number of nitrogens with zero attached hydrogens (tertiary/aromatic N) is 3. The molecule has 23 heteroatoms. The number of aromatic hydroxyl groups is 10. The maximum atomic E-state index is 12.0. The SMILES string of the molecule is Cc1c(Br)c2cnc(/C=C/c3cc(O)c(O)c(Br)c3)sc-2c(O)c1=O.Cc1cc2cnc(/C=C/c3cc(O)c(O)cc3Br)sc-2c(O)c1=O.Cc1nc(/C=C/c2ccc(O)c(O)c2Br)sc2c(O)c(=O)c(O)cc1-2. The lowest BCUT2D eigenvalue weighted by molar-refractivity contribution is 0.401. The monoisotopic (exact) mass is 1310 g/mol. The van der Waals surface area contributed by atoms with Crippen molar-refractivity contribution in [1.29, 1.82) is 0 Å². The van der Waals surface area contributed by atoms with Crippen LogP contribution in [0.2, 0.25) is 0 Å². The number of halogens is 4. The average molecular weight is 1310 g/mol. The molecule has 378 valence electrons. The highest BCUT2D eigenvalue weighted by Crippen LogP contribution is 2.42. The number of aromatic nitrogens is 3. The fourth-order valence-electron chi connectivity index (χ4n) is 6.70. The van der Waals surface area contributed by atoms with E-state index in [9.17, 15) is 65.4 Å². The van der Waals surface area contributed by atoms with E-state index < -0.39 is 22.4 Å². The summed E-state index contributed by atoms with van der Waals surface area (Å²) in [5, 5.41) is 98.8. The Morgan fingerprint density at radius 3 is 1.74 bits per heavy atom. The Balaban J connectivity index is 0.000000162. The number of hydrogen-bond acceptors (Lipinski definition) is 19. The highest BCUT2D eigenvalue weighted by atomic mass is 79.9. The van der Waals surface area contributed by atoms with Gasteiger partial charge in [-0.3, -0.25) is 14.4 Å². The van der Waals surface area contributed by atoms with E-state index in [1.165, 1.54) is 53.0 Å². The van der Waals surface area contributed by atoms with E-state index >= 15 is 0 Å². The number of benzene rings is 6. The van der Waals surface area contributed by atoms with Crippen LogP contribution in [-0.2, 0) is 0 Å². The van der Waals surface area contributed by atoms with E-state index in [-0.39, 0.29) is 51.4 Å². The largest absolute Gasteiger partial charge is 0.504 e. The number of aryl methyl sites for hydroxylation is 2. The first-order valence-corrected chi connectivity index (χ1v) is 26.5. The van der Waals surface area contributed by atoms with E-state index in [4.69, 9.17) is 0 Å². The van der Waals surface area contributed by atoms with Crippen molar-refractivity contribution >= 4 is 134 Å². The van der Waals surface area contributed by atoms with Crippen molar-refractivity contribution in [2.45, 2.75) is 20.8 Å². The van der Waals surface area contributed by atoms with Crippen LogP contribution in [0.25, 0.3) is 67.8 Å². The minimum Gasteiger partial charge on any atom is -0.504 e. The lowest BCUT2D eigenvalue weighted by Gasteiger charge is -2.11. The maximum absolute atomic E-state index is 12.0. The van der Waals surface area contributed by atoms with E-state index in [1.54, 1.807) is 87.8 Å². The van der Waals surface area contributed by atoms with Gasteiger partial charge in [-0.15, -0.1) is 34.0 Å². The van der Waals surface area contributed by atoms with E-state index in [0.717, 1.165) is 11.3 Å². The molecule has 3 aromatic carbocycles. The Morgan fingerprint density at radius 1 is 0.459 bits per heavy atom. The van der Waals surface area contributed by atoms with Gasteiger partial charge in [0.15, 0.2) is 57.5 Å². The molecule has 9 rings (SSSR count). The number of fused-ring (bicyclic) bond motifs is 3. The van der Waals surface area contributed by atoms with Gasteiger partial charge in [0.2, 0.25) is 10.9 Å². The van der Waals surface area contributed by atoms with Crippen molar-refractivity contribution < 1.29 is 51.1 Å². The summed E-state index contributed by atoms with van der Waals surface area (Å²) in [6, 6.07) is 11.8. The molecule has 10 N–H and O–H groups in total. The molecule has 0 saturated carbocycles. The molecule has 3 aliphatic carbocycles. The van der Waals surface area contributed by atoms with Crippen LogP contribution in [0.5, 0.6) is 57.5 Å². The first-order chi connectivity index (χ1) is 34.9. The molecule has 0 atom stereocenters. The third-order valence-corrected chi connectivity index (χ3v) is 17.0. The zero-order valence-corrected chi connectivity index (χ0v) is 46.8. The molecule has 3 aromatic rings. The molecule has 0 spiro atoms. The summed E-state index contributed by atoms with van der Waals surface area (Å²) >= 11 is 16.5. The van der Waals surface area contributed by atoms with Crippen LogP contribution in [0.4, 0.5) is 0 Å². The first kappa shape index (κ1) is 54.9. The van der Waals surface area contributed by atoms with Gasteiger partial charge in [-0.25, -0.2) is 15.0 Å². The Hall–Kier alpha value is -6.86. The molecule has 3 heterocycles. The van der Waals surface area contributed by atoms with Crippen molar-refractivity contribution in [3.63, 3.8) is 0 Å². The van der Waals surface area contributed by atoms with Gasteiger partial charge in [0.1, 0.15) is 15.0 Å². The van der Waals surface area contributed by atoms with Crippen LogP contribution < -0.4 is 16.3 Å². The van der Waals surface area contributed by atoms with Crippen LogP contribution in [0.3, 0.4) is 0 Å². The minimum atomic E-state index is -0.824. The lowest BCUT2D eigenvalue weighted by Crippen LogP contribution is -2.07. The topological polar surface area (TPSA) is 292 Å². The third kappa shape index (κ3) is 11.7. The predicted molar refractivity (Wildman–Crippen MR) is 303 cm³/mol. The smallest absolute Gasteiger partial charge is 0.263 e. The van der Waals surface area contributed by atoms with E-state index in [1.807, 2.05) is 0 Å². The van der Waals surface area contributed by atoms with Crippen LogP contribution >= 0.6 is 97.7 Å². The molecular weight excluding hydrogens is 1280 g/mol. The minimum absolute atomic E-state index is 0.214. The third-order valence-electron chi connectivity index (χ3n) is 10.6. The van der Waals surface area contributed by atoms with Gasteiger partial charge in [-0.05, 0) is 152 Å². The fourth-order valence-corrected chi connectivity index (χ4v) is 11.5. The molecule has 6 aliphatic rings. The molecule has 0 bridgehead atoms. The number of phenolic OH excluding ortho intramolecular Hbond substituents is 10. The molecule has 0 aromatic heterocycles. The Kier molecular flexibility index (Phi) is 16.9. The summed E-state index contributed by atoms with van der Waals surface area (Å²) in [7, 11) is 0. The van der Waals surface area contributed by atoms with Gasteiger partial charge in [0.05, 0.1) is 23.6 Å². The van der Waals surface area contributed by atoms with Gasteiger partial charge in [-0.1, -0.05) is 34.2 Å². The molecule has 0 unspecified atom stereocenters. The van der Waals surface area contributed by atoms with Crippen molar-refractivity contribution in [2.75, 3.05) is 0 Å². The van der Waals surface area contributed by atoms with Crippen molar-refractivity contribution in [2.24, 2.45) is 0 Å². The molecule has 0 fully saturated rings. The first-order valence-electron chi connectivity index (χ1n) is 20.9. The van der Waals surface area contributed by atoms with Crippen molar-refractivity contribution in [3.05, 3.63) is 158 Å². The van der Waals surface area contributed by atoms with Crippen LogP contribution in [0.1, 0.15) is 48.5 Å². The van der Waals surface area contributed by atoms with Crippen molar-refractivity contribution in [3.8, 4) is 88.8 Å². The zero-order chi connectivity index (χ0) is 54.0. The molecule has 3 aliphatic heterocycles. The molecule has 0 amide bonds. The normalized spacial score (nSPS) is 11.4. The van der Waals surface area contributed by atoms with Gasteiger partial charge >= 0.3 is 0 Å². The molecule has 0 saturated heterocycles. The van der Waals surface area contributed by atoms with Gasteiger partial charge in [0.25, 0.3) is 5.43 Å². The summed E-state index contributed by atoms with van der Waals surface area (Å²) < 4.78 is 1.94. The van der Waals surface area contributed by atoms with Crippen molar-refractivity contribution in [1.82, 2.24) is 15.0 Å². The van der Waals surface area contributed by atoms with Gasteiger partial charge in [0, 0.05) is 54.9 Å². The van der Waals surface area contributed by atoms with E-state index in [0.29, 0.717) is 97.7 Å². The zero-order valence-electron chi connectivity index (χ0n) is 38.0. The summed E-state index contributed by atoms with van der Waals surface area (Å²) in [5.74, 6) is -2.99. The second kappa shape index (κ2) is 22.7. The maximum Gasteiger partial charge on any atom is 0.263 e. The summed E-state index contributed by atoms with van der Waals surface area (Å²) in [5.41, 5.74) is 3.62. The lowest BCUT2D eigenvalue weighted by atomic mass is 10.1. The Bertz CT molecular complexity index is 3850. The van der Waals surface area contributed by atoms with Gasteiger partial charge in [-0.2, -0.15) is 0 Å². The molecule has 0 radical (unpaired) electrons. The summed E-state index contributed by atoms with van der Waals surface area (Å²) in [4.78, 5) is 49.9. The fraction of sp³-hybridized carbons (Fsp3) is 0.0588. The molecule has 74 heavy (non-hydrogen) atoms.